The third-order valence-electron chi connectivity index (χ3n) is 2.42. The van der Waals surface area contributed by atoms with Crippen LogP contribution < -0.4 is 10.2 Å². The van der Waals surface area contributed by atoms with Crippen LogP contribution in [-0.2, 0) is 11.2 Å². The van der Waals surface area contributed by atoms with Crippen LogP contribution >= 0.6 is 12.2 Å². The fraction of sp³-hybridized carbons (Fsp3) is 0.273. The Kier molecular flexibility index (Phi) is 2.68. The summed E-state index contributed by atoms with van der Waals surface area (Å²) < 4.78 is 0. The van der Waals surface area contributed by atoms with Gasteiger partial charge in [-0.25, -0.2) is 0 Å². The SMILES string of the molecule is CCc1cccc(N2C(=O)CNC2=S)c1. The smallest absolute Gasteiger partial charge is 0.252 e. The van der Waals surface area contributed by atoms with E-state index in [1.807, 2.05) is 24.3 Å². The van der Waals surface area contributed by atoms with Crippen LogP contribution in [0.1, 0.15) is 12.5 Å². The molecule has 15 heavy (non-hydrogen) atoms. The highest BCUT2D eigenvalue weighted by Gasteiger charge is 2.26. The number of nitrogens with zero attached hydrogens (tertiary/aromatic N) is 1. The Bertz CT molecular complexity index is 401. The van der Waals surface area contributed by atoms with Crippen LogP contribution in [0.2, 0.25) is 0 Å². The maximum absolute atomic E-state index is 11.6. The van der Waals surface area contributed by atoms with E-state index in [-0.39, 0.29) is 5.91 Å². The predicted molar refractivity (Wildman–Crippen MR) is 63.9 cm³/mol. The average molecular weight is 220 g/mol. The Morgan fingerprint density at radius 3 is 2.93 bits per heavy atom. The lowest BCUT2D eigenvalue weighted by atomic mass is 10.1. The maximum Gasteiger partial charge on any atom is 0.252 e. The van der Waals surface area contributed by atoms with E-state index >= 15 is 0 Å². The number of benzene rings is 1. The molecule has 1 fully saturated rings. The van der Waals surface area contributed by atoms with Gasteiger partial charge in [-0.1, -0.05) is 19.1 Å². The highest BCUT2D eigenvalue weighted by molar-refractivity contribution is 7.80. The van der Waals surface area contributed by atoms with Crippen LogP contribution in [0.5, 0.6) is 0 Å². The van der Waals surface area contributed by atoms with E-state index in [2.05, 4.69) is 12.2 Å². The van der Waals surface area contributed by atoms with E-state index < -0.39 is 0 Å². The largest absolute Gasteiger partial charge is 0.353 e. The molecule has 1 aliphatic heterocycles. The van der Waals surface area contributed by atoms with Crippen molar-refractivity contribution in [3.05, 3.63) is 29.8 Å². The zero-order chi connectivity index (χ0) is 10.8. The summed E-state index contributed by atoms with van der Waals surface area (Å²) in [5, 5.41) is 3.36. The second-order valence-electron chi connectivity index (χ2n) is 3.41. The summed E-state index contributed by atoms with van der Waals surface area (Å²) in [6, 6.07) is 7.89. The molecule has 0 atom stereocenters. The first-order valence-electron chi connectivity index (χ1n) is 4.92. The molecular weight excluding hydrogens is 208 g/mol. The zero-order valence-corrected chi connectivity index (χ0v) is 9.30. The second-order valence-corrected chi connectivity index (χ2v) is 3.80. The molecule has 1 aromatic rings. The number of amides is 1. The van der Waals surface area contributed by atoms with Gasteiger partial charge in [0.05, 0.1) is 12.2 Å². The lowest BCUT2D eigenvalue weighted by Crippen LogP contribution is -2.30. The van der Waals surface area contributed by atoms with Crippen LogP contribution in [0.25, 0.3) is 0 Å². The van der Waals surface area contributed by atoms with E-state index in [1.165, 1.54) is 5.56 Å². The quantitative estimate of drug-likeness (QED) is 0.766. The molecule has 0 saturated carbocycles. The van der Waals surface area contributed by atoms with Gasteiger partial charge in [0.25, 0.3) is 5.91 Å². The fourth-order valence-corrected chi connectivity index (χ4v) is 1.88. The first-order valence-corrected chi connectivity index (χ1v) is 5.33. The van der Waals surface area contributed by atoms with Gasteiger partial charge in [0, 0.05) is 0 Å². The van der Waals surface area contributed by atoms with Crippen molar-refractivity contribution in [3.63, 3.8) is 0 Å². The Morgan fingerprint density at radius 1 is 1.53 bits per heavy atom. The molecule has 0 aromatic heterocycles. The van der Waals surface area contributed by atoms with Crippen LogP contribution in [0, 0.1) is 0 Å². The number of hydrogen-bond donors (Lipinski definition) is 1. The first kappa shape index (κ1) is 10.1. The Morgan fingerprint density at radius 2 is 2.33 bits per heavy atom. The summed E-state index contributed by atoms with van der Waals surface area (Å²) in [6.07, 6.45) is 0.954. The molecule has 3 nitrogen and oxygen atoms in total. The zero-order valence-electron chi connectivity index (χ0n) is 8.49. The molecule has 0 aliphatic carbocycles. The first-order chi connectivity index (χ1) is 7.22. The van der Waals surface area contributed by atoms with Crippen LogP contribution in [0.4, 0.5) is 5.69 Å². The van der Waals surface area contributed by atoms with Gasteiger partial charge in [-0.2, -0.15) is 0 Å². The molecule has 0 spiro atoms. The van der Waals surface area contributed by atoms with Crippen LogP contribution in [-0.4, -0.2) is 17.6 Å². The minimum absolute atomic E-state index is 0.00764. The number of hydrogen-bond acceptors (Lipinski definition) is 2. The monoisotopic (exact) mass is 220 g/mol. The van der Waals surface area contributed by atoms with Crippen LogP contribution in [0.3, 0.4) is 0 Å². The van der Waals surface area contributed by atoms with Gasteiger partial charge in [-0.05, 0) is 36.3 Å². The maximum atomic E-state index is 11.6. The fourth-order valence-electron chi connectivity index (χ4n) is 1.60. The molecule has 1 aromatic carbocycles. The van der Waals surface area contributed by atoms with Crippen LogP contribution in [0.15, 0.2) is 24.3 Å². The number of carbonyl (C=O) groups excluding carboxylic acids is 1. The van der Waals surface area contributed by atoms with Gasteiger partial charge in [0.1, 0.15) is 0 Å². The number of anilines is 1. The third-order valence-corrected chi connectivity index (χ3v) is 2.75. The molecule has 4 heteroatoms. The molecule has 78 valence electrons. The summed E-state index contributed by atoms with van der Waals surface area (Å²) in [6.45, 7) is 2.39. The molecule has 0 unspecified atom stereocenters. The molecule has 1 saturated heterocycles. The van der Waals surface area contributed by atoms with E-state index in [4.69, 9.17) is 12.2 Å². The topological polar surface area (TPSA) is 32.3 Å². The molecule has 0 bridgehead atoms. The third kappa shape index (κ3) is 1.85. The molecule has 1 amide bonds. The number of nitrogens with one attached hydrogen (secondary N) is 1. The highest BCUT2D eigenvalue weighted by Crippen LogP contribution is 2.19. The van der Waals surface area contributed by atoms with Crippen molar-refractivity contribution in [2.45, 2.75) is 13.3 Å². The molecule has 1 aliphatic rings. The number of carbonyl (C=O) groups is 1. The summed E-state index contributed by atoms with van der Waals surface area (Å²) in [5.41, 5.74) is 2.06. The number of aryl methyl sites for hydroxylation is 1. The van der Waals surface area contributed by atoms with Gasteiger partial charge >= 0.3 is 0 Å². The van der Waals surface area contributed by atoms with Crippen molar-refractivity contribution >= 4 is 28.9 Å². The molecule has 2 rings (SSSR count). The van der Waals surface area contributed by atoms with Crippen molar-refractivity contribution in [3.8, 4) is 0 Å². The van der Waals surface area contributed by atoms with Gasteiger partial charge in [0.2, 0.25) is 0 Å². The highest BCUT2D eigenvalue weighted by atomic mass is 32.1. The predicted octanol–water partition coefficient (Wildman–Crippen LogP) is 1.47. The van der Waals surface area contributed by atoms with E-state index in [9.17, 15) is 4.79 Å². The van der Waals surface area contributed by atoms with Crippen molar-refractivity contribution in [2.24, 2.45) is 0 Å². The lowest BCUT2D eigenvalue weighted by Gasteiger charge is -2.15. The summed E-state index contributed by atoms with van der Waals surface area (Å²) in [7, 11) is 0. The van der Waals surface area contributed by atoms with Gasteiger partial charge in [-0.15, -0.1) is 0 Å². The lowest BCUT2D eigenvalue weighted by molar-refractivity contribution is -0.115. The number of thiocarbonyl (C=S) groups is 1. The van der Waals surface area contributed by atoms with E-state index in [0.717, 1.165) is 12.1 Å². The molecule has 1 heterocycles. The van der Waals surface area contributed by atoms with Crippen molar-refractivity contribution in [1.82, 2.24) is 5.32 Å². The molecule has 1 N–H and O–H groups in total. The van der Waals surface area contributed by atoms with E-state index in [1.54, 1.807) is 4.90 Å². The second kappa shape index (κ2) is 3.98. The minimum atomic E-state index is 0.00764. The van der Waals surface area contributed by atoms with E-state index in [0.29, 0.717) is 11.7 Å². The van der Waals surface area contributed by atoms with Gasteiger partial charge in [0.15, 0.2) is 5.11 Å². The summed E-state index contributed by atoms with van der Waals surface area (Å²) in [5.74, 6) is 0.00764. The van der Waals surface area contributed by atoms with Crippen molar-refractivity contribution < 1.29 is 4.79 Å². The summed E-state index contributed by atoms with van der Waals surface area (Å²) >= 11 is 5.07. The standard InChI is InChI=1S/C11H12N2OS/c1-2-8-4-3-5-9(6-8)13-10(14)7-12-11(13)15/h3-6H,2,7H2,1H3,(H,12,15). The Labute approximate surface area is 94.1 Å². The normalized spacial score (nSPS) is 15.7. The van der Waals surface area contributed by atoms with Crippen molar-refractivity contribution in [2.75, 3.05) is 11.4 Å². The van der Waals surface area contributed by atoms with Gasteiger partial charge in [-0.3, -0.25) is 9.69 Å². The minimum Gasteiger partial charge on any atom is -0.353 e. The summed E-state index contributed by atoms with van der Waals surface area (Å²) in [4.78, 5) is 13.1. The van der Waals surface area contributed by atoms with Gasteiger partial charge < -0.3 is 5.32 Å². The molecular formula is C11H12N2OS. The number of rotatable bonds is 2. The van der Waals surface area contributed by atoms with Crippen molar-refractivity contribution in [1.29, 1.82) is 0 Å². The molecule has 0 radical (unpaired) electrons. The Balaban J connectivity index is 2.36. The average Bonchev–Trinajstić information content (AvgIpc) is 2.59. The Hall–Kier alpha value is -1.42.